The zero-order valence-corrected chi connectivity index (χ0v) is 10.2. The van der Waals surface area contributed by atoms with Crippen molar-refractivity contribution in [2.45, 2.75) is 12.6 Å². The lowest BCUT2D eigenvalue weighted by Crippen LogP contribution is -2.37. The number of hydrogen-bond donors (Lipinski definition) is 2. The highest BCUT2D eigenvalue weighted by molar-refractivity contribution is 7.10. The number of hydrogen-bond acceptors (Lipinski definition) is 5. The summed E-state index contributed by atoms with van der Waals surface area (Å²) in [6.45, 7) is 3.33. The van der Waals surface area contributed by atoms with E-state index in [9.17, 15) is 4.79 Å². The third-order valence-electron chi connectivity index (χ3n) is 2.46. The van der Waals surface area contributed by atoms with Crippen LogP contribution < -0.4 is 5.32 Å². The van der Waals surface area contributed by atoms with Gasteiger partial charge in [0.25, 0.3) is 0 Å². The highest BCUT2D eigenvalue weighted by atomic mass is 32.1. The highest BCUT2D eigenvalue weighted by Crippen LogP contribution is 2.14. The Bertz CT molecular complexity index is 373. The van der Waals surface area contributed by atoms with Crippen LogP contribution in [0.3, 0.4) is 0 Å². The van der Waals surface area contributed by atoms with Gasteiger partial charge in [-0.3, -0.25) is 0 Å². The highest BCUT2D eigenvalue weighted by Gasteiger charge is 2.13. The average molecular weight is 257 g/mol. The molecule has 0 bridgehead atoms. The number of thiophene rings is 1. The average Bonchev–Trinajstić information content (AvgIpc) is 2.79. The summed E-state index contributed by atoms with van der Waals surface area (Å²) < 4.78 is 10.8. The molecule has 0 aliphatic carbocycles. The summed E-state index contributed by atoms with van der Waals surface area (Å²) in [6, 6.07) is 1.69. The Kier molecular flexibility index (Phi) is 4.49. The Morgan fingerprint density at radius 1 is 1.59 bits per heavy atom. The van der Waals surface area contributed by atoms with Gasteiger partial charge in [-0.2, -0.15) is 0 Å². The molecule has 0 radical (unpaired) electrons. The lowest BCUT2D eigenvalue weighted by molar-refractivity contribution is -0.0864. The van der Waals surface area contributed by atoms with E-state index in [4.69, 9.17) is 14.6 Å². The van der Waals surface area contributed by atoms with E-state index in [1.54, 1.807) is 11.4 Å². The standard InChI is InChI=1S/C11H15NO4S/c13-11(14)8-3-10(17-7-8)5-12-4-9-6-15-1-2-16-9/h3,7,9,12H,1-2,4-6H2,(H,13,14). The third kappa shape index (κ3) is 3.78. The molecule has 1 aliphatic rings. The van der Waals surface area contributed by atoms with Crippen molar-refractivity contribution < 1.29 is 19.4 Å². The minimum Gasteiger partial charge on any atom is -0.478 e. The molecular formula is C11H15NO4S. The molecule has 0 aromatic carbocycles. The summed E-state index contributed by atoms with van der Waals surface area (Å²) in [5.41, 5.74) is 0.351. The van der Waals surface area contributed by atoms with Crippen LogP contribution in [-0.2, 0) is 16.0 Å². The second-order valence-electron chi connectivity index (χ2n) is 3.81. The SMILES string of the molecule is O=C(O)c1csc(CNCC2COCCO2)c1. The minimum absolute atomic E-state index is 0.0997. The van der Waals surface area contributed by atoms with Crippen LogP contribution in [0.15, 0.2) is 11.4 Å². The first-order chi connectivity index (χ1) is 8.25. The normalized spacial score (nSPS) is 20.4. The largest absolute Gasteiger partial charge is 0.478 e. The van der Waals surface area contributed by atoms with Gasteiger partial charge in [0.05, 0.1) is 31.5 Å². The zero-order chi connectivity index (χ0) is 12.1. The predicted molar refractivity (Wildman–Crippen MR) is 63.5 cm³/mol. The van der Waals surface area contributed by atoms with E-state index in [-0.39, 0.29) is 6.10 Å². The molecule has 5 nitrogen and oxygen atoms in total. The van der Waals surface area contributed by atoms with Crippen LogP contribution in [0.4, 0.5) is 0 Å². The molecule has 1 atom stereocenters. The van der Waals surface area contributed by atoms with Gasteiger partial charge < -0.3 is 19.9 Å². The number of carboxylic acid groups (broad SMARTS) is 1. The van der Waals surface area contributed by atoms with Crippen molar-refractivity contribution in [1.29, 1.82) is 0 Å². The monoisotopic (exact) mass is 257 g/mol. The Morgan fingerprint density at radius 3 is 3.12 bits per heavy atom. The summed E-state index contributed by atoms with van der Waals surface area (Å²) in [6.07, 6.45) is 0.0997. The van der Waals surface area contributed by atoms with Crippen molar-refractivity contribution in [1.82, 2.24) is 5.32 Å². The van der Waals surface area contributed by atoms with E-state index in [1.807, 2.05) is 0 Å². The Morgan fingerprint density at radius 2 is 2.47 bits per heavy atom. The van der Waals surface area contributed by atoms with E-state index in [2.05, 4.69) is 5.32 Å². The maximum Gasteiger partial charge on any atom is 0.336 e. The summed E-state index contributed by atoms with van der Waals surface area (Å²) in [5, 5.41) is 13.7. The molecule has 0 saturated carbocycles. The Balaban J connectivity index is 1.71. The van der Waals surface area contributed by atoms with Crippen LogP contribution in [0.1, 0.15) is 15.2 Å². The number of rotatable bonds is 5. The van der Waals surface area contributed by atoms with Crippen LogP contribution in [0.25, 0.3) is 0 Å². The van der Waals surface area contributed by atoms with Crippen molar-refractivity contribution in [2.75, 3.05) is 26.4 Å². The van der Waals surface area contributed by atoms with Crippen LogP contribution in [0, 0.1) is 0 Å². The van der Waals surface area contributed by atoms with Crippen molar-refractivity contribution >= 4 is 17.3 Å². The molecular weight excluding hydrogens is 242 g/mol. The number of ether oxygens (including phenoxy) is 2. The second-order valence-corrected chi connectivity index (χ2v) is 4.80. The fourth-order valence-electron chi connectivity index (χ4n) is 1.60. The maximum absolute atomic E-state index is 10.7. The molecule has 1 saturated heterocycles. The first-order valence-corrected chi connectivity index (χ1v) is 6.34. The fraction of sp³-hybridized carbons (Fsp3) is 0.545. The predicted octanol–water partition coefficient (Wildman–Crippen LogP) is 0.951. The van der Waals surface area contributed by atoms with Gasteiger partial charge in [0.15, 0.2) is 0 Å². The van der Waals surface area contributed by atoms with Crippen LogP contribution in [0.5, 0.6) is 0 Å². The first-order valence-electron chi connectivity index (χ1n) is 5.46. The van der Waals surface area contributed by atoms with Gasteiger partial charge in [-0.25, -0.2) is 4.79 Å². The molecule has 0 spiro atoms. The fourth-order valence-corrected chi connectivity index (χ4v) is 2.42. The molecule has 1 aromatic heterocycles. The van der Waals surface area contributed by atoms with Gasteiger partial charge in [0, 0.05) is 23.3 Å². The molecule has 2 N–H and O–H groups in total. The zero-order valence-electron chi connectivity index (χ0n) is 9.35. The van der Waals surface area contributed by atoms with Gasteiger partial charge in [0.1, 0.15) is 0 Å². The van der Waals surface area contributed by atoms with Gasteiger partial charge in [-0.05, 0) is 6.07 Å². The summed E-state index contributed by atoms with van der Waals surface area (Å²) in [7, 11) is 0. The summed E-state index contributed by atoms with van der Waals surface area (Å²) in [4.78, 5) is 11.7. The topological polar surface area (TPSA) is 67.8 Å². The Labute approximate surface area is 103 Å². The van der Waals surface area contributed by atoms with E-state index >= 15 is 0 Å². The third-order valence-corrected chi connectivity index (χ3v) is 3.39. The maximum atomic E-state index is 10.7. The van der Waals surface area contributed by atoms with Crippen molar-refractivity contribution in [3.63, 3.8) is 0 Å². The van der Waals surface area contributed by atoms with Crippen LogP contribution in [0.2, 0.25) is 0 Å². The quantitative estimate of drug-likeness (QED) is 0.822. The van der Waals surface area contributed by atoms with Crippen molar-refractivity contribution in [2.24, 2.45) is 0 Å². The first kappa shape index (κ1) is 12.5. The number of carbonyl (C=O) groups is 1. The summed E-state index contributed by atoms with van der Waals surface area (Å²) in [5.74, 6) is -0.878. The molecule has 0 amide bonds. The number of carboxylic acids is 1. The Hall–Kier alpha value is -0.950. The van der Waals surface area contributed by atoms with Crippen molar-refractivity contribution in [3.8, 4) is 0 Å². The summed E-state index contributed by atoms with van der Waals surface area (Å²) >= 11 is 1.45. The minimum atomic E-state index is -0.878. The molecule has 17 heavy (non-hydrogen) atoms. The number of nitrogens with one attached hydrogen (secondary N) is 1. The van der Waals surface area contributed by atoms with Gasteiger partial charge >= 0.3 is 5.97 Å². The van der Waals surface area contributed by atoms with Crippen LogP contribution >= 0.6 is 11.3 Å². The molecule has 1 unspecified atom stereocenters. The van der Waals surface area contributed by atoms with Crippen molar-refractivity contribution in [3.05, 3.63) is 21.9 Å². The molecule has 94 valence electrons. The molecule has 1 aromatic rings. The van der Waals surface area contributed by atoms with E-state index in [0.29, 0.717) is 31.9 Å². The lowest BCUT2D eigenvalue weighted by Gasteiger charge is -2.22. The van der Waals surface area contributed by atoms with Gasteiger partial charge in [-0.1, -0.05) is 0 Å². The number of aromatic carboxylic acids is 1. The van der Waals surface area contributed by atoms with Crippen LogP contribution in [-0.4, -0.2) is 43.5 Å². The van der Waals surface area contributed by atoms with Gasteiger partial charge in [0.2, 0.25) is 0 Å². The smallest absolute Gasteiger partial charge is 0.336 e. The molecule has 1 aliphatic heterocycles. The molecule has 2 heterocycles. The van der Waals surface area contributed by atoms with Gasteiger partial charge in [-0.15, -0.1) is 11.3 Å². The van der Waals surface area contributed by atoms with E-state index in [0.717, 1.165) is 11.4 Å². The molecule has 2 rings (SSSR count). The molecule has 1 fully saturated rings. The molecule has 6 heteroatoms. The lowest BCUT2D eigenvalue weighted by atomic mass is 10.3. The van der Waals surface area contributed by atoms with E-state index in [1.165, 1.54) is 11.3 Å². The second kappa shape index (κ2) is 6.11. The van der Waals surface area contributed by atoms with E-state index < -0.39 is 5.97 Å².